The van der Waals surface area contributed by atoms with Gasteiger partial charge < -0.3 is 9.53 Å². The van der Waals surface area contributed by atoms with Crippen LogP contribution in [-0.2, 0) is 14.3 Å². The van der Waals surface area contributed by atoms with Crippen molar-refractivity contribution in [3.05, 3.63) is 11.1 Å². The molecule has 0 unspecified atom stereocenters. The zero-order valence-electron chi connectivity index (χ0n) is 14.8. The van der Waals surface area contributed by atoms with Gasteiger partial charge in [-0.15, -0.1) is 0 Å². The largest absolute Gasteiger partial charge is 0.443 e. The maximum atomic E-state index is 12.8. The van der Waals surface area contributed by atoms with Crippen LogP contribution in [0.3, 0.4) is 0 Å². The Bertz CT molecular complexity index is 544. The van der Waals surface area contributed by atoms with E-state index in [1.54, 1.807) is 20.8 Å². The van der Waals surface area contributed by atoms with Crippen LogP contribution in [-0.4, -0.2) is 34.3 Å². The Morgan fingerprint density at radius 1 is 1.26 bits per heavy atom. The van der Waals surface area contributed by atoms with Crippen molar-refractivity contribution in [3.63, 3.8) is 0 Å². The molecule has 2 fully saturated rings. The zero-order valence-corrected chi connectivity index (χ0v) is 14.8. The van der Waals surface area contributed by atoms with Gasteiger partial charge in [0, 0.05) is 17.9 Å². The molecule has 1 spiro atoms. The predicted octanol–water partition coefficient (Wildman–Crippen LogP) is 3.62. The van der Waals surface area contributed by atoms with Gasteiger partial charge in [0.25, 0.3) is 5.91 Å². The van der Waals surface area contributed by atoms with Gasteiger partial charge in [0.1, 0.15) is 11.9 Å². The second kappa shape index (κ2) is 6.10. The minimum absolute atomic E-state index is 0.0342. The molecule has 1 saturated carbocycles. The summed E-state index contributed by atoms with van der Waals surface area (Å²) in [6, 6.07) is 0. The summed E-state index contributed by atoms with van der Waals surface area (Å²) < 4.78 is 5.47. The fraction of sp³-hybridized carbons (Fsp3) is 0.722. The summed E-state index contributed by atoms with van der Waals surface area (Å²) >= 11 is 0. The Morgan fingerprint density at radius 2 is 1.83 bits per heavy atom. The second-order valence-corrected chi connectivity index (χ2v) is 7.97. The molecule has 2 rings (SSSR count). The van der Waals surface area contributed by atoms with Crippen LogP contribution in [0.25, 0.3) is 0 Å². The highest BCUT2D eigenvalue weighted by Crippen LogP contribution is 2.46. The first-order chi connectivity index (χ1) is 10.6. The molecule has 0 atom stereocenters. The van der Waals surface area contributed by atoms with Crippen molar-refractivity contribution in [1.29, 1.82) is 0 Å². The van der Waals surface area contributed by atoms with E-state index >= 15 is 0 Å². The SMILES string of the molecule is CC(C)=C1C[C@]2(CC[C@@H](C=O)CC2)N(C(=O)OC(C)(C)C)C1=O. The molecule has 0 aromatic rings. The molecular weight excluding hydrogens is 294 g/mol. The molecule has 0 N–H and O–H groups in total. The van der Waals surface area contributed by atoms with Crippen LogP contribution in [0.15, 0.2) is 11.1 Å². The highest BCUT2D eigenvalue weighted by molar-refractivity contribution is 6.06. The third-order valence-electron chi connectivity index (χ3n) is 4.77. The Hall–Kier alpha value is -1.65. The van der Waals surface area contributed by atoms with E-state index in [0.29, 0.717) is 37.7 Å². The van der Waals surface area contributed by atoms with Gasteiger partial charge in [0.05, 0.1) is 5.54 Å². The van der Waals surface area contributed by atoms with E-state index in [1.807, 2.05) is 13.8 Å². The summed E-state index contributed by atoms with van der Waals surface area (Å²) in [6.45, 7) is 9.18. The lowest BCUT2D eigenvalue weighted by molar-refractivity contribution is -0.129. The zero-order chi connectivity index (χ0) is 17.4. The summed E-state index contributed by atoms with van der Waals surface area (Å²) in [5.41, 5.74) is 0.482. The average molecular weight is 321 g/mol. The number of allylic oxidation sites excluding steroid dienone is 1. The van der Waals surface area contributed by atoms with Gasteiger partial charge in [0.15, 0.2) is 0 Å². The lowest BCUT2D eigenvalue weighted by Gasteiger charge is -2.41. The van der Waals surface area contributed by atoms with Crippen molar-refractivity contribution < 1.29 is 19.1 Å². The molecule has 1 saturated heterocycles. The van der Waals surface area contributed by atoms with Crippen molar-refractivity contribution in [2.24, 2.45) is 5.92 Å². The molecule has 1 aliphatic carbocycles. The second-order valence-electron chi connectivity index (χ2n) is 7.97. The molecule has 0 aromatic heterocycles. The average Bonchev–Trinajstić information content (AvgIpc) is 2.71. The minimum atomic E-state index is -0.647. The summed E-state index contributed by atoms with van der Waals surface area (Å²) in [5, 5.41) is 0. The Balaban J connectivity index is 2.34. The number of imide groups is 1. The van der Waals surface area contributed by atoms with E-state index in [0.717, 1.165) is 11.9 Å². The van der Waals surface area contributed by atoms with Gasteiger partial charge >= 0.3 is 6.09 Å². The van der Waals surface area contributed by atoms with E-state index < -0.39 is 17.2 Å². The monoisotopic (exact) mass is 321 g/mol. The smallest absolute Gasteiger partial charge is 0.417 e. The number of hydrogen-bond donors (Lipinski definition) is 0. The van der Waals surface area contributed by atoms with Gasteiger partial charge in [-0.25, -0.2) is 9.69 Å². The molecule has 0 bridgehead atoms. The molecule has 128 valence electrons. The fourth-order valence-corrected chi connectivity index (χ4v) is 3.52. The van der Waals surface area contributed by atoms with Crippen LogP contribution >= 0.6 is 0 Å². The molecule has 1 aliphatic heterocycles. The van der Waals surface area contributed by atoms with Crippen molar-refractivity contribution >= 4 is 18.3 Å². The van der Waals surface area contributed by atoms with Gasteiger partial charge in [-0.2, -0.15) is 0 Å². The number of hydrogen-bond acceptors (Lipinski definition) is 4. The van der Waals surface area contributed by atoms with Crippen molar-refractivity contribution in [3.8, 4) is 0 Å². The first kappa shape index (κ1) is 17.7. The number of aldehydes is 1. The summed E-state index contributed by atoms with van der Waals surface area (Å²) in [7, 11) is 0. The van der Waals surface area contributed by atoms with Crippen LogP contribution < -0.4 is 0 Å². The molecule has 2 aliphatic rings. The summed E-state index contributed by atoms with van der Waals surface area (Å²) in [4.78, 5) is 37.8. The van der Waals surface area contributed by atoms with Gasteiger partial charge in [0.2, 0.25) is 0 Å². The van der Waals surface area contributed by atoms with E-state index in [-0.39, 0.29) is 11.8 Å². The summed E-state index contributed by atoms with van der Waals surface area (Å²) in [5.74, 6) is -0.198. The molecule has 0 aromatic carbocycles. The van der Waals surface area contributed by atoms with E-state index in [1.165, 1.54) is 4.90 Å². The van der Waals surface area contributed by atoms with Gasteiger partial charge in [-0.05, 0) is 60.3 Å². The summed E-state index contributed by atoms with van der Waals surface area (Å²) in [6.07, 6.45) is 3.75. The van der Waals surface area contributed by atoms with Crippen LogP contribution in [0.2, 0.25) is 0 Å². The number of amides is 2. The molecule has 1 heterocycles. The van der Waals surface area contributed by atoms with Crippen LogP contribution in [0.5, 0.6) is 0 Å². The lowest BCUT2D eigenvalue weighted by atomic mass is 9.75. The lowest BCUT2D eigenvalue weighted by Crippen LogP contribution is -2.52. The molecule has 5 nitrogen and oxygen atoms in total. The maximum absolute atomic E-state index is 12.8. The molecule has 5 heteroatoms. The number of ether oxygens (including phenoxy) is 1. The molecule has 2 amide bonds. The normalized spacial score (nSPS) is 28.2. The third kappa shape index (κ3) is 3.48. The highest BCUT2D eigenvalue weighted by Gasteiger charge is 2.53. The minimum Gasteiger partial charge on any atom is -0.443 e. The Kier molecular flexibility index (Phi) is 4.69. The maximum Gasteiger partial charge on any atom is 0.417 e. The Labute approximate surface area is 138 Å². The first-order valence-corrected chi connectivity index (χ1v) is 8.29. The molecule has 0 radical (unpaired) electrons. The quantitative estimate of drug-likeness (QED) is 0.546. The highest BCUT2D eigenvalue weighted by atomic mass is 16.6. The first-order valence-electron chi connectivity index (χ1n) is 8.29. The van der Waals surface area contributed by atoms with Crippen LogP contribution in [0.4, 0.5) is 4.79 Å². The van der Waals surface area contributed by atoms with Gasteiger partial charge in [-0.1, -0.05) is 5.57 Å². The topological polar surface area (TPSA) is 63.7 Å². The predicted molar refractivity (Wildman–Crippen MR) is 86.8 cm³/mol. The number of carbonyl (C=O) groups excluding carboxylic acids is 3. The van der Waals surface area contributed by atoms with E-state index in [2.05, 4.69) is 0 Å². The third-order valence-corrected chi connectivity index (χ3v) is 4.77. The number of rotatable bonds is 1. The van der Waals surface area contributed by atoms with E-state index in [4.69, 9.17) is 4.74 Å². The standard InChI is InChI=1S/C18H27NO4/c1-12(2)14-10-18(8-6-13(11-20)7-9-18)19(15(14)21)16(22)23-17(3,4)5/h11,13H,6-10H2,1-5H3/t13-,18-. The Morgan fingerprint density at radius 3 is 2.26 bits per heavy atom. The fourth-order valence-electron chi connectivity index (χ4n) is 3.52. The molecular formula is C18H27NO4. The van der Waals surface area contributed by atoms with Crippen molar-refractivity contribution in [2.75, 3.05) is 0 Å². The van der Waals surface area contributed by atoms with Crippen LogP contribution in [0.1, 0.15) is 66.7 Å². The number of likely N-dealkylation sites (tertiary alicyclic amines) is 1. The van der Waals surface area contributed by atoms with E-state index in [9.17, 15) is 14.4 Å². The van der Waals surface area contributed by atoms with Gasteiger partial charge in [-0.3, -0.25) is 4.79 Å². The number of nitrogens with zero attached hydrogens (tertiary/aromatic N) is 1. The van der Waals surface area contributed by atoms with Crippen LogP contribution in [0, 0.1) is 5.92 Å². The van der Waals surface area contributed by atoms with Crippen molar-refractivity contribution in [2.45, 2.75) is 77.9 Å². The van der Waals surface area contributed by atoms with Crippen molar-refractivity contribution in [1.82, 2.24) is 4.90 Å². The molecule has 23 heavy (non-hydrogen) atoms. The number of carbonyl (C=O) groups is 3.